The maximum absolute atomic E-state index is 12.6. The Labute approximate surface area is 174 Å². The summed E-state index contributed by atoms with van der Waals surface area (Å²) >= 11 is 6.05. The SMILES string of the molecule is Cc1ccc(Cl)cc1NC(=O)NC[C@H](c1cccnc1)c1c[nH]c2ccccc12. The van der Waals surface area contributed by atoms with Crippen molar-refractivity contribution in [1.82, 2.24) is 15.3 Å². The summed E-state index contributed by atoms with van der Waals surface area (Å²) in [4.78, 5) is 20.1. The Kier molecular flexibility index (Phi) is 5.49. The van der Waals surface area contributed by atoms with Gasteiger partial charge in [0.25, 0.3) is 0 Å². The number of anilines is 1. The molecule has 0 aliphatic rings. The van der Waals surface area contributed by atoms with Crippen molar-refractivity contribution in [3.63, 3.8) is 0 Å². The third kappa shape index (κ3) is 4.25. The lowest BCUT2D eigenvalue weighted by Crippen LogP contribution is -2.33. The van der Waals surface area contributed by atoms with E-state index in [9.17, 15) is 4.79 Å². The zero-order valence-electron chi connectivity index (χ0n) is 15.9. The molecule has 0 fully saturated rings. The first kappa shape index (κ1) is 19.0. The third-order valence-electron chi connectivity index (χ3n) is 5.00. The Bertz CT molecular complexity index is 1140. The number of carbonyl (C=O) groups excluding carboxylic acids is 1. The molecule has 0 bridgehead atoms. The molecule has 0 saturated heterocycles. The highest BCUT2D eigenvalue weighted by atomic mass is 35.5. The number of aromatic amines is 1. The van der Waals surface area contributed by atoms with E-state index in [1.54, 1.807) is 18.3 Å². The van der Waals surface area contributed by atoms with Crippen LogP contribution in [-0.2, 0) is 0 Å². The predicted octanol–water partition coefficient (Wildman–Crippen LogP) is 5.48. The van der Waals surface area contributed by atoms with E-state index in [2.05, 4.69) is 26.7 Å². The minimum atomic E-state index is -0.274. The number of nitrogens with one attached hydrogen (secondary N) is 3. The molecule has 0 aliphatic carbocycles. The average molecular weight is 405 g/mol. The van der Waals surface area contributed by atoms with Gasteiger partial charge in [0.1, 0.15) is 0 Å². The lowest BCUT2D eigenvalue weighted by molar-refractivity contribution is 0.252. The van der Waals surface area contributed by atoms with Crippen molar-refractivity contribution in [3.8, 4) is 0 Å². The number of aromatic nitrogens is 2. The van der Waals surface area contributed by atoms with E-state index in [1.165, 1.54) is 0 Å². The number of aryl methyl sites for hydroxylation is 1. The average Bonchev–Trinajstić information content (AvgIpc) is 3.16. The van der Waals surface area contributed by atoms with Gasteiger partial charge in [-0.05, 0) is 47.9 Å². The van der Waals surface area contributed by atoms with Crippen LogP contribution in [0.5, 0.6) is 0 Å². The third-order valence-corrected chi connectivity index (χ3v) is 5.23. The quantitative estimate of drug-likeness (QED) is 0.412. The van der Waals surface area contributed by atoms with Crippen LogP contribution in [0.4, 0.5) is 10.5 Å². The van der Waals surface area contributed by atoms with Gasteiger partial charge in [-0.2, -0.15) is 0 Å². The Morgan fingerprint density at radius 3 is 2.86 bits per heavy atom. The molecule has 0 spiro atoms. The number of carbonyl (C=O) groups is 1. The monoisotopic (exact) mass is 404 g/mol. The Hall–Kier alpha value is -3.31. The van der Waals surface area contributed by atoms with E-state index in [0.717, 1.165) is 27.6 Å². The second kappa shape index (κ2) is 8.37. The van der Waals surface area contributed by atoms with Crippen LogP contribution in [0.25, 0.3) is 10.9 Å². The number of hydrogen-bond donors (Lipinski definition) is 3. The van der Waals surface area contributed by atoms with E-state index in [4.69, 9.17) is 11.6 Å². The van der Waals surface area contributed by atoms with E-state index in [0.29, 0.717) is 17.3 Å². The van der Waals surface area contributed by atoms with Crippen LogP contribution in [-0.4, -0.2) is 22.5 Å². The van der Waals surface area contributed by atoms with Crippen LogP contribution in [0.15, 0.2) is 73.2 Å². The van der Waals surface area contributed by atoms with Gasteiger partial charge in [-0.15, -0.1) is 0 Å². The highest BCUT2D eigenvalue weighted by molar-refractivity contribution is 6.31. The number of halogens is 1. The Morgan fingerprint density at radius 2 is 2.03 bits per heavy atom. The van der Waals surface area contributed by atoms with Crippen LogP contribution in [0, 0.1) is 6.92 Å². The van der Waals surface area contributed by atoms with Gasteiger partial charge in [0, 0.05) is 52.7 Å². The molecule has 1 atom stereocenters. The molecule has 0 unspecified atom stereocenters. The number of urea groups is 1. The maximum atomic E-state index is 12.6. The molecule has 0 radical (unpaired) electrons. The number of benzene rings is 2. The highest BCUT2D eigenvalue weighted by Crippen LogP contribution is 2.30. The van der Waals surface area contributed by atoms with Gasteiger partial charge >= 0.3 is 6.03 Å². The van der Waals surface area contributed by atoms with Crippen LogP contribution >= 0.6 is 11.6 Å². The number of fused-ring (bicyclic) bond motifs is 1. The van der Waals surface area contributed by atoms with E-state index in [-0.39, 0.29) is 11.9 Å². The lowest BCUT2D eigenvalue weighted by Gasteiger charge is -2.18. The number of hydrogen-bond acceptors (Lipinski definition) is 2. The number of pyridine rings is 1. The summed E-state index contributed by atoms with van der Waals surface area (Å²) in [5.74, 6) is -0.0361. The normalized spacial score (nSPS) is 11.9. The molecular weight excluding hydrogens is 384 g/mol. The molecule has 2 aromatic heterocycles. The molecule has 5 nitrogen and oxygen atoms in total. The summed E-state index contributed by atoms with van der Waals surface area (Å²) < 4.78 is 0. The van der Waals surface area contributed by atoms with E-state index >= 15 is 0 Å². The van der Waals surface area contributed by atoms with Crippen LogP contribution in [0.3, 0.4) is 0 Å². The Morgan fingerprint density at radius 1 is 1.17 bits per heavy atom. The molecule has 2 heterocycles. The minimum absolute atomic E-state index is 0.0361. The fourth-order valence-corrected chi connectivity index (χ4v) is 3.63. The number of nitrogens with zero attached hydrogens (tertiary/aromatic N) is 1. The second-order valence-electron chi connectivity index (χ2n) is 6.92. The van der Waals surface area contributed by atoms with Crippen LogP contribution < -0.4 is 10.6 Å². The zero-order valence-corrected chi connectivity index (χ0v) is 16.7. The van der Waals surface area contributed by atoms with Crippen LogP contribution in [0.1, 0.15) is 22.6 Å². The van der Waals surface area contributed by atoms with Gasteiger partial charge in [-0.3, -0.25) is 4.98 Å². The molecule has 0 aliphatic heterocycles. The van der Waals surface area contributed by atoms with Crippen molar-refractivity contribution in [2.75, 3.05) is 11.9 Å². The minimum Gasteiger partial charge on any atom is -0.361 e. The first-order valence-electron chi connectivity index (χ1n) is 9.39. The number of rotatable bonds is 5. The first-order chi connectivity index (χ1) is 14.1. The van der Waals surface area contributed by atoms with Gasteiger partial charge in [0.05, 0.1) is 0 Å². The van der Waals surface area contributed by atoms with E-state index in [1.807, 2.05) is 55.7 Å². The molecule has 4 rings (SSSR count). The largest absolute Gasteiger partial charge is 0.361 e. The van der Waals surface area contributed by atoms with Crippen molar-refractivity contribution in [2.45, 2.75) is 12.8 Å². The first-order valence-corrected chi connectivity index (χ1v) is 9.76. The molecule has 3 N–H and O–H groups in total. The second-order valence-corrected chi connectivity index (χ2v) is 7.36. The summed E-state index contributed by atoms with van der Waals surface area (Å²) in [6.07, 6.45) is 5.59. The standard InChI is InChI=1S/C23H21ClN4O/c1-15-8-9-17(24)11-22(15)28-23(29)27-13-19(16-5-4-10-25-12-16)20-14-26-21-7-3-2-6-18(20)21/h2-12,14,19,26H,13H2,1H3,(H2,27,28,29)/t19-/m1/s1. The van der Waals surface area contributed by atoms with Crippen molar-refractivity contribution in [3.05, 3.63) is 94.9 Å². The predicted molar refractivity (Wildman–Crippen MR) is 118 cm³/mol. The fourth-order valence-electron chi connectivity index (χ4n) is 3.46. The van der Waals surface area contributed by atoms with Gasteiger partial charge < -0.3 is 15.6 Å². The van der Waals surface area contributed by atoms with Crippen molar-refractivity contribution >= 4 is 34.2 Å². The smallest absolute Gasteiger partial charge is 0.319 e. The van der Waals surface area contributed by atoms with Crippen molar-refractivity contribution in [2.24, 2.45) is 0 Å². The molecule has 2 aromatic carbocycles. The molecule has 4 aromatic rings. The number of amides is 2. The molecule has 6 heteroatoms. The summed E-state index contributed by atoms with van der Waals surface area (Å²) in [5.41, 5.74) is 4.87. The van der Waals surface area contributed by atoms with Gasteiger partial charge in [-0.1, -0.05) is 41.9 Å². The molecule has 0 saturated carbocycles. The summed E-state index contributed by atoms with van der Waals surface area (Å²) in [6.45, 7) is 2.36. The van der Waals surface area contributed by atoms with Gasteiger partial charge in [0.15, 0.2) is 0 Å². The van der Waals surface area contributed by atoms with Crippen molar-refractivity contribution in [1.29, 1.82) is 0 Å². The van der Waals surface area contributed by atoms with E-state index < -0.39 is 0 Å². The Balaban J connectivity index is 1.56. The maximum Gasteiger partial charge on any atom is 0.319 e. The van der Waals surface area contributed by atoms with Crippen molar-refractivity contribution < 1.29 is 4.79 Å². The topological polar surface area (TPSA) is 69.8 Å². The summed E-state index contributed by atoms with van der Waals surface area (Å²) in [5, 5.41) is 7.59. The molecule has 29 heavy (non-hydrogen) atoms. The van der Waals surface area contributed by atoms with Gasteiger partial charge in [-0.25, -0.2) is 4.79 Å². The molecule has 146 valence electrons. The number of para-hydroxylation sites is 1. The summed E-state index contributed by atoms with van der Waals surface area (Å²) in [6, 6.07) is 17.2. The van der Waals surface area contributed by atoms with Gasteiger partial charge in [0.2, 0.25) is 0 Å². The lowest BCUT2D eigenvalue weighted by atomic mass is 9.92. The highest BCUT2D eigenvalue weighted by Gasteiger charge is 2.19. The molecular formula is C23H21ClN4O. The fraction of sp³-hybridized carbons (Fsp3) is 0.130. The van der Waals surface area contributed by atoms with Crippen LogP contribution in [0.2, 0.25) is 5.02 Å². The summed E-state index contributed by atoms with van der Waals surface area (Å²) in [7, 11) is 0. The number of H-pyrrole nitrogens is 1. The zero-order chi connectivity index (χ0) is 20.2. The molecule has 2 amide bonds.